The first kappa shape index (κ1) is 22.0. The number of thiazole rings is 1. The number of aromatic nitrogens is 1. The molecular weight excluding hydrogens is 439 g/mol. The average Bonchev–Trinajstić information content (AvgIpc) is 3.52. The molecule has 1 aromatic heterocycles. The zero-order valence-corrected chi connectivity index (χ0v) is 18.0. The number of nitrogens with two attached hydrogens (primary N) is 1. The first-order chi connectivity index (χ1) is 15.1. The Kier molecular flexibility index (Phi) is 5.77. The molecule has 1 fully saturated rings. The monoisotopic (exact) mass is 459 g/mol. The van der Waals surface area contributed by atoms with Crippen LogP contribution >= 0.6 is 11.3 Å². The molecule has 1 aliphatic carbocycles. The molecule has 3 aromatic rings. The minimum atomic E-state index is -4.40. The van der Waals surface area contributed by atoms with Crippen molar-refractivity contribution in [2.75, 3.05) is 0 Å². The second kappa shape index (κ2) is 8.38. The van der Waals surface area contributed by atoms with Gasteiger partial charge < -0.3 is 10.6 Å². The third-order valence-corrected chi connectivity index (χ3v) is 6.48. The van der Waals surface area contributed by atoms with E-state index in [1.54, 1.807) is 36.1 Å². The van der Waals surface area contributed by atoms with Crippen molar-refractivity contribution in [2.24, 2.45) is 5.73 Å². The molecule has 2 N–H and O–H groups in total. The van der Waals surface area contributed by atoms with E-state index in [2.05, 4.69) is 4.98 Å². The average molecular weight is 459 g/mol. The van der Waals surface area contributed by atoms with Crippen molar-refractivity contribution >= 4 is 23.2 Å². The van der Waals surface area contributed by atoms with Gasteiger partial charge in [-0.3, -0.25) is 9.59 Å². The van der Waals surface area contributed by atoms with Gasteiger partial charge in [0.05, 0.1) is 11.3 Å². The highest BCUT2D eigenvalue weighted by atomic mass is 32.1. The number of hydrogen-bond donors (Lipinski definition) is 1. The molecule has 2 aromatic carbocycles. The molecule has 5 nitrogen and oxygen atoms in total. The number of alkyl halides is 3. The predicted molar refractivity (Wildman–Crippen MR) is 115 cm³/mol. The van der Waals surface area contributed by atoms with Gasteiger partial charge in [0.15, 0.2) is 0 Å². The van der Waals surface area contributed by atoms with E-state index < -0.39 is 17.6 Å². The van der Waals surface area contributed by atoms with Crippen molar-refractivity contribution in [3.8, 4) is 10.6 Å². The third kappa shape index (κ3) is 4.67. The lowest BCUT2D eigenvalue weighted by atomic mass is 10.1. The Morgan fingerprint density at radius 2 is 1.72 bits per heavy atom. The number of carbonyl (C=O) groups excluding carboxylic acids is 2. The van der Waals surface area contributed by atoms with Crippen LogP contribution in [0.25, 0.3) is 10.6 Å². The highest BCUT2D eigenvalue weighted by Crippen LogP contribution is 2.35. The summed E-state index contributed by atoms with van der Waals surface area (Å²) in [6, 6.07) is 11.7. The van der Waals surface area contributed by atoms with Gasteiger partial charge in [-0.2, -0.15) is 13.2 Å². The zero-order valence-electron chi connectivity index (χ0n) is 17.1. The van der Waals surface area contributed by atoms with Crippen molar-refractivity contribution in [1.29, 1.82) is 0 Å². The van der Waals surface area contributed by atoms with Crippen LogP contribution in [-0.2, 0) is 12.7 Å². The molecule has 32 heavy (non-hydrogen) atoms. The molecule has 1 heterocycles. The fraction of sp³-hybridized carbons (Fsp3) is 0.261. The minimum absolute atomic E-state index is 0.134. The molecule has 9 heteroatoms. The summed E-state index contributed by atoms with van der Waals surface area (Å²) >= 11 is 1.18. The van der Waals surface area contributed by atoms with E-state index in [1.165, 1.54) is 23.5 Å². The van der Waals surface area contributed by atoms with Gasteiger partial charge in [-0.25, -0.2) is 4.98 Å². The summed E-state index contributed by atoms with van der Waals surface area (Å²) in [5.74, 6) is -0.664. The van der Waals surface area contributed by atoms with Crippen molar-refractivity contribution < 1.29 is 22.8 Å². The van der Waals surface area contributed by atoms with Crippen LogP contribution in [-0.4, -0.2) is 27.7 Å². The van der Waals surface area contributed by atoms with Crippen LogP contribution in [0, 0.1) is 6.92 Å². The number of benzene rings is 2. The topological polar surface area (TPSA) is 76.3 Å². The summed E-state index contributed by atoms with van der Waals surface area (Å²) in [6.07, 6.45) is -2.58. The van der Waals surface area contributed by atoms with E-state index >= 15 is 0 Å². The number of hydrogen-bond acceptors (Lipinski definition) is 4. The van der Waals surface area contributed by atoms with E-state index in [0.29, 0.717) is 33.3 Å². The van der Waals surface area contributed by atoms with E-state index in [1.807, 2.05) is 0 Å². The summed E-state index contributed by atoms with van der Waals surface area (Å²) in [4.78, 5) is 31.3. The maximum atomic E-state index is 13.3. The fourth-order valence-corrected chi connectivity index (χ4v) is 4.40. The Balaban J connectivity index is 1.56. The van der Waals surface area contributed by atoms with Gasteiger partial charge in [-0.05, 0) is 49.6 Å². The molecule has 2 amide bonds. The molecule has 0 aliphatic heterocycles. The summed E-state index contributed by atoms with van der Waals surface area (Å²) in [5.41, 5.74) is 6.90. The van der Waals surface area contributed by atoms with Crippen LogP contribution in [0.5, 0.6) is 0 Å². The Labute approximate surface area is 186 Å². The molecule has 0 unspecified atom stereocenters. The first-order valence-corrected chi connectivity index (χ1v) is 10.8. The number of rotatable bonds is 6. The highest BCUT2D eigenvalue weighted by molar-refractivity contribution is 7.17. The number of halogens is 3. The molecular formula is C23H20F3N3O2S. The van der Waals surface area contributed by atoms with Gasteiger partial charge in [0.2, 0.25) is 5.91 Å². The molecule has 0 atom stereocenters. The molecule has 1 saturated carbocycles. The Bertz CT molecular complexity index is 1150. The summed E-state index contributed by atoms with van der Waals surface area (Å²) in [7, 11) is 0. The largest absolute Gasteiger partial charge is 0.416 e. The van der Waals surface area contributed by atoms with Crippen LogP contribution in [0.2, 0.25) is 0 Å². The van der Waals surface area contributed by atoms with Gasteiger partial charge in [-0.15, -0.1) is 11.3 Å². The second-order valence-electron chi connectivity index (χ2n) is 7.73. The van der Waals surface area contributed by atoms with Gasteiger partial charge in [0.1, 0.15) is 9.88 Å². The number of aryl methyl sites for hydroxylation is 1. The lowest BCUT2D eigenvalue weighted by Crippen LogP contribution is -2.32. The maximum Gasteiger partial charge on any atom is 0.416 e. The van der Waals surface area contributed by atoms with Gasteiger partial charge in [0.25, 0.3) is 5.91 Å². The van der Waals surface area contributed by atoms with Gasteiger partial charge >= 0.3 is 6.18 Å². The number of carbonyl (C=O) groups is 2. The molecule has 0 radical (unpaired) electrons. The van der Waals surface area contributed by atoms with Crippen molar-refractivity contribution in [2.45, 2.75) is 38.5 Å². The number of nitrogens with zero attached hydrogens (tertiary/aromatic N) is 2. The summed E-state index contributed by atoms with van der Waals surface area (Å²) < 4.78 is 38.5. The van der Waals surface area contributed by atoms with Crippen LogP contribution in [0.15, 0.2) is 48.5 Å². The van der Waals surface area contributed by atoms with Crippen LogP contribution < -0.4 is 5.73 Å². The maximum absolute atomic E-state index is 13.3. The molecule has 0 saturated heterocycles. The fourth-order valence-electron chi connectivity index (χ4n) is 3.37. The Morgan fingerprint density at radius 3 is 2.25 bits per heavy atom. The summed E-state index contributed by atoms with van der Waals surface area (Å²) in [5, 5.41) is 0.501. The normalized spacial score (nSPS) is 13.8. The molecule has 0 bridgehead atoms. The van der Waals surface area contributed by atoms with E-state index in [4.69, 9.17) is 5.73 Å². The number of amides is 2. The van der Waals surface area contributed by atoms with E-state index in [-0.39, 0.29) is 11.9 Å². The molecule has 166 valence electrons. The molecule has 1 aliphatic rings. The smallest absolute Gasteiger partial charge is 0.366 e. The predicted octanol–water partition coefficient (Wildman–Crippen LogP) is 5.04. The second-order valence-corrected chi connectivity index (χ2v) is 8.73. The minimum Gasteiger partial charge on any atom is -0.366 e. The third-order valence-electron chi connectivity index (χ3n) is 5.29. The van der Waals surface area contributed by atoms with E-state index in [9.17, 15) is 22.8 Å². The van der Waals surface area contributed by atoms with Crippen molar-refractivity contribution in [1.82, 2.24) is 9.88 Å². The van der Waals surface area contributed by atoms with Gasteiger partial charge in [-0.1, -0.05) is 24.3 Å². The van der Waals surface area contributed by atoms with E-state index in [0.717, 1.165) is 30.5 Å². The standard InChI is InChI=1S/C23H20F3N3O2S/c1-13-19(32-21(28-13)16-6-8-17(9-7-16)23(24,25)26)22(31)29(18-10-11-18)12-14-2-4-15(5-3-14)20(27)30/h2-9,18H,10-12H2,1H3,(H2,27,30). The highest BCUT2D eigenvalue weighted by Gasteiger charge is 2.35. The zero-order chi connectivity index (χ0) is 23.0. The number of primary amides is 1. The lowest BCUT2D eigenvalue weighted by Gasteiger charge is -2.22. The van der Waals surface area contributed by atoms with Crippen molar-refractivity contribution in [3.05, 3.63) is 75.8 Å². The van der Waals surface area contributed by atoms with Crippen LogP contribution in [0.1, 0.15) is 49.7 Å². The van der Waals surface area contributed by atoms with Crippen molar-refractivity contribution in [3.63, 3.8) is 0 Å². The molecule has 4 rings (SSSR count). The summed E-state index contributed by atoms with van der Waals surface area (Å²) in [6.45, 7) is 2.11. The Morgan fingerprint density at radius 1 is 1.09 bits per heavy atom. The SMILES string of the molecule is Cc1nc(-c2ccc(C(F)(F)F)cc2)sc1C(=O)N(Cc1ccc(C(N)=O)cc1)C1CC1. The Hall–Kier alpha value is -3.20. The first-order valence-electron chi connectivity index (χ1n) is 9.98. The lowest BCUT2D eigenvalue weighted by molar-refractivity contribution is -0.137. The molecule has 0 spiro atoms. The van der Waals surface area contributed by atoms with Crippen LogP contribution in [0.3, 0.4) is 0 Å². The van der Waals surface area contributed by atoms with Crippen LogP contribution in [0.4, 0.5) is 13.2 Å². The quantitative estimate of drug-likeness (QED) is 0.561. The van der Waals surface area contributed by atoms with Gasteiger partial charge in [0, 0.05) is 23.7 Å².